The third-order valence-corrected chi connectivity index (χ3v) is 4.68. The maximum atomic E-state index is 11.4. The Bertz CT molecular complexity index is 603. The quantitative estimate of drug-likeness (QED) is 0.800. The molecule has 0 radical (unpaired) electrons. The van der Waals surface area contributed by atoms with Gasteiger partial charge in [0.2, 0.25) is 0 Å². The molecular weight excluding hydrogens is 260 g/mol. The molecule has 1 saturated heterocycles. The van der Waals surface area contributed by atoms with E-state index in [1.165, 1.54) is 0 Å². The van der Waals surface area contributed by atoms with Crippen molar-refractivity contribution < 1.29 is 4.79 Å². The molecule has 0 spiro atoms. The largest absolute Gasteiger partial charge is 0.353 e. The molecule has 2 unspecified atom stereocenters. The SMILES string of the molecule is CC1CN(c2nc3sccn3c2C=O)CC1N(C)C. The summed E-state index contributed by atoms with van der Waals surface area (Å²) < 4.78 is 1.88. The Morgan fingerprint density at radius 1 is 1.47 bits per heavy atom. The Labute approximate surface area is 116 Å². The van der Waals surface area contributed by atoms with Crippen LogP contribution in [0.3, 0.4) is 0 Å². The van der Waals surface area contributed by atoms with Crippen molar-refractivity contribution in [1.82, 2.24) is 14.3 Å². The summed E-state index contributed by atoms with van der Waals surface area (Å²) in [5.41, 5.74) is 0.669. The lowest BCUT2D eigenvalue weighted by atomic mass is 10.1. The third kappa shape index (κ3) is 1.95. The number of anilines is 1. The highest BCUT2D eigenvalue weighted by Crippen LogP contribution is 2.29. The molecule has 2 aromatic heterocycles. The van der Waals surface area contributed by atoms with Crippen LogP contribution in [-0.2, 0) is 0 Å². The minimum atomic E-state index is 0.513. The number of hydrogen-bond donors (Lipinski definition) is 0. The predicted molar refractivity (Wildman–Crippen MR) is 77.3 cm³/mol. The summed E-state index contributed by atoms with van der Waals surface area (Å²) in [6, 6.07) is 0.513. The van der Waals surface area contributed by atoms with Crippen LogP contribution in [0, 0.1) is 5.92 Å². The molecule has 0 bridgehead atoms. The van der Waals surface area contributed by atoms with Crippen LogP contribution >= 0.6 is 11.3 Å². The Balaban J connectivity index is 1.97. The van der Waals surface area contributed by atoms with Crippen LogP contribution in [0.15, 0.2) is 11.6 Å². The fraction of sp³-hybridized carbons (Fsp3) is 0.538. The molecule has 2 aromatic rings. The van der Waals surface area contributed by atoms with Crippen molar-refractivity contribution in [1.29, 1.82) is 0 Å². The molecule has 0 N–H and O–H groups in total. The average molecular weight is 278 g/mol. The van der Waals surface area contributed by atoms with Gasteiger partial charge in [-0.3, -0.25) is 9.20 Å². The Morgan fingerprint density at radius 2 is 2.26 bits per heavy atom. The maximum Gasteiger partial charge on any atom is 0.196 e. The van der Waals surface area contributed by atoms with E-state index in [0.717, 1.165) is 30.2 Å². The van der Waals surface area contributed by atoms with Gasteiger partial charge in [-0.25, -0.2) is 4.98 Å². The molecule has 3 rings (SSSR count). The summed E-state index contributed by atoms with van der Waals surface area (Å²) in [5.74, 6) is 1.41. The van der Waals surface area contributed by atoms with E-state index >= 15 is 0 Å². The molecule has 0 amide bonds. The standard InChI is InChI=1S/C13H18N4OS/c1-9-6-16(7-10(9)15(2)3)12-11(8-18)17-4-5-19-13(17)14-12/h4-5,8-10H,6-7H2,1-3H3. The van der Waals surface area contributed by atoms with E-state index < -0.39 is 0 Å². The molecule has 3 heterocycles. The first-order chi connectivity index (χ1) is 9.11. The summed E-state index contributed by atoms with van der Waals surface area (Å²) in [6.45, 7) is 4.14. The first-order valence-corrected chi connectivity index (χ1v) is 7.32. The van der Waals surface area contributed by atoms with Gasteiger partial charge in [-0.05, 0) is 20.0 Å². The van der Waals surface area contributed by atoms with Crippen molar-refractivity contribution in [2.75, 3.05) is 32.1 Å². The molecule has 1 aliphatic rings. The number of aromatic nitrogens is 2. The van der Waals surface area contributed by atoms with Gasteiger partial charge < -0.3 is 9.80 Å². The molecule has 102 valence electrons. The topological polar surface area (TPSA) is 40.9 Å². The molecule has 1 aliphatic heterocycles. The summed E-state index contributed by atoms with van der Waals surface area (Å²) >= 11 is 1.56. The zero-order valence-electron chi connectivity index (χ0n) is 11.4. The van der Waals surface area contributed by atoms with Gasteiger partial charge in [0.15, 0.2) is 17.1 Å². The number of aldehydes is 1. The monoisotopic (exact) mass is 278 g/mol. The highest BCUT2D eigenvalue weighted by molar-refractivity contribution is 7.15. The molecular formula is C13H18N4OS. The number of rotatable bonds is 3. The molecule has 0 aliphatic carbocycles. The van der Waals surface area contributed by atoms with E-state index in [-0.39, 0.29) is 0 Å². The second kappa shape index (κ2) is 4.61. The van der Waals surface area contributed by atoms with E-state index in [1.807, 2.05) is 16.0 Å². The average Bonchev–Trinajstić information content (AvgIpc) is 3.00. The van der Waals surface area contributed by atoms with Gasteiger partial charge in [0.05, 0.1) is 0 Å². The van der Waals surface area contributed by atoms with Crippen LogP contribution in [0.1, 0.15) is 17.4 Å². The van der Waals surface area contributed by atoms with E-state index in [0.29, 0.717) is 17.7 Å². The Morgan fingerprint density at radius 3 is 2.89 bits per heavy atom. The summed E-state index contributed by atoms with van der Waals surface area (Å²) in [7, 11) is 4.22. The van der Waals surface area contributed by atoms with Crippen molar-refractivity contribution >= 4 is 28.4 Å². The third-order valence-electron chi connectivity index (χ3n) is 3.93. The molecule has 0 aromatic carbocycles. The lowest BCUT2D eigenvalue weighted by Crippen LogP contribution is -2.34. The number of nitrogens with zero attached hydrogens (tertiary/aromatic N) is 4. The fourth-order valence-corrected chi connectivity index (χ4v) is 3.65. The normalized spacial score (nSPS) is 23.7. The smallest absolute Gasteiger partial charge is 0.196 e. The number of fused-ring (bicyclic) bond motifs is 1. The summed E-state index contributed by atoms with van der Waals surface area (Å²) in [4.78, 5) is 21.3. The molecule has 19 heavy (non-hydrogen) atoms. The number of likely N-dealkylation sites (N-methyl/N-ethyl adjacent to an activating group) is 1. The number of carbonyl (C=O) groups excluding carboxylic acids is 1. The van der Waals surface area contributed by atoms with Crippen molar-refractivity contribution in [3.8, 4) is 0 Å². The van der Waals surface area contributed by atoms with Crippen molar-refractivity contribution in [3.63, 3.8) is 0 Å². The van der Waals surface area contributed by atoms with Crippen molar-refractivity contribution in [2.24, 2.45) is 5.92 Å². The first kappa shape index (κ1) is 12.6. The Hall–Kier alpha value is -1.40. The van der Waals surface area contributed by atoms with E-state index in [1.54, 1.807) is 11.3 Å². The van der Waals surface area contributed by atoms with E-state index in [9.17, 15) is 4.79 Å². The highest BCUT2D eigenvalue weighted by Gasteiger charge is 2.33. The second-order valence-electron chi connectivity index (χ2n) is 5.41. The van der Waals surface area contributed by atoms with Crippen molar-refractivity contribution in [3.05, 3.63) is 17.3 Å². The molecule has 2 atom stereocenters. The van der Waals surface area contributed by atoms with Gasteiger partial charge in [0.25, 0.3) is 0 Å². The fourth-order valence-electron chi connectivity index (χ4n) is 2.93. The Kier molecular flexibility index (Phi) is 3.06. The highest BCUT2D eigenvalue weighted by atomic mass is 32.1. The summed E-state index contributed by atoms with van der Waals surface area (Å²) in [6.07, 6.45) is 2.82. The minimum Gasteiger partial charge on any atom is -0.353 e. The van der Waals surface area contributed by atoms with Crippen LogP contribution in [0.4, 0.5) is 5.82 Å². The maximum absolute atomic E-state index is 11.4. The van der Waals surface area contributed by atoms with Crippen LogP contribution in [0.25, 0.3) is 4.96 Å². The number of carbonyl (C=O) groups is 1. The number of hydrogen-bond acceptors (Lipinski definition) is 5. The van der Waals surface area contributed by atoms with Gasteiger partial charge >= 0.3 is 0 Å². The zero-order chi connectivity index (χ0) is 13.6. The predicted octanol–water partition coefficient (Wildman–Crippen LogP) is 1.59. The van der Waals surface area contributed by atoms with Gasteiger partial charge in [0.1, 0.15) is 5.69 Å². The molecule has 1 fully saturated rings. The summed E-state index contributed by atoms with van der Waals surface area (Å²) in [5, 5.41) is 1.95. The van der Waals surface area contributed by atoms with Crippen LogP contribution in [0.5, 0.6) is 0 Å². The van der Waals surface area contributed by atoms with Crippen LogP contribution in [0.2, 0.25) is 0 Å². The van der Waals surface area contributed by atoms with Crippen molar-refractivity contribution in [2.45, 2.75) is 13.0 Å². The van der Waals surface area contributed by atoms with Gasteiger partial charge in [-0.1, -0.05) is 6.92 Å². The molecule has 5 nitrogen and oxygen atoms in total. The van der Waals surface area contributed by atoms with E-state index in [4.69, 9.17) is 0 Å². The molecule has 6 heteroatoms. The van der Waals surface area contributed by atoms with Gasteiger partial charge in [-0.15, -0.1) is 11.3 Å². The van der Waals surface area contributed by atoms with Crippen LogP contribution < -0.4 is 4.90 Å². The second-order valence-corrected chi connectivity index (χ2v) is 6.28. The first-order valence-electron chi connectivity index (χ1n) is 6.44. The lowest BCUT2D eigenvalue weighted by Gasteiger charge is -2.22. The minimum absolute atomic E-state index is 0.513. The van der Waals surface area contributed by atoms with Gasteiger partial charge in [-0.2, -0.15) is 0 Å². The molecule has 0 saturated carbocycles. The number of thiazole rings is 1. The van der Waals surface area contributed by atoms with Gasteiger partial charge in [0, 0.05) is 30.7 Å². The van der Waals surface area contributed by atoms with E-state index in [2.05, 4.69) is 35.8 Å². The van der Waals surface area contributed by atoms with Crippen LogP contribution in [-0.4, -0.2) is 53.8 Å². The number of imidazole rings is 1. The lowest BCUT2D eigenvalue weighted by molar-refractivity contribution is 0.111. The zero-order valence-corrected chi connectivity index (χ0v) is 12.2.